The van der Waals surface area contributed by atoms with Gasteiger partial charge in [-0.25, -0.2) is 9.59 Å². The minimum Gasteiger partial charge on any atom is -0.481 e. The summed E-state index contributed by atoms with van der Waals surface area (Å²) in [6.45, 7) is 5.17. The van der Waals surface area contributed by atoms with Crippen LogP contribution in [0.2, 0.25) is 0 Å². The summed E-state index contributed by atoms with van der Waals surface area (Å²) in [5.74, 6) is -0.587. The maximum atomic E-state index is 12.4. The molecule has 1 amide bonds. The number of likely N-dealkylation sites (tertiary alicyclic amines) is 1. The van der Waals surface area contributed by atoms with Crippen LogP contribution in [0.1, 0.15) is 27.2 Å². The van der Waals surface area contributed by atoms with E-state index in [1.807, 2.05) is 0 Å². The lowest BCUT2D eigenvalue weighted by molar-refractivity contribution is -0.386. The van der Waals surface area contributed by atoms with Crippen LogP contribution in [0.15, 0.2) is 18.5 Å². The van der Waals surface area contributed by atoms with Gasteiger partial charge in [0.15, 0.2) is 0 Å². The van der Waals surface area contributed by atoms with Crippen LogP contribution in [0.3, 0.4) is 0 Å². The van der Waals surface area contributed by atoms with Crippen molar-refractivity contribution in [3.05, 3.63) is 28.6 Å². The Labute approximate surface area is 150 Å². The minimum atomic E-state index is -0.888. The summed E-state index contributed by atoms with van der Waals surface area (Å²) in [6.07, 6.45) is 1.26. The van der Waals surface area contributed by atoms with Gasteiger partial charge in [0.05, 0.1) is 18.6 Å². The number of hydrogen-bond acceptors (Lipinski definition) is 8. The number of nitro groups is 1. The van der Waals surface area contributed by atoms with Gasteiger partial charge in [-0.1, -0.05) is 0 Å². The van der Waals surface area contributed by atoms with Gasteiger partial charge in [-0.15, -0.1) is 0 Å². The van der Waals surface area contributed by atoms with Gasteiger partial charge >= 0.3 is 17.7 Å². The third kappa shape index (κ3) is 4.58. The topological polar surface area (TPSA) is 121 Å². The number of aromatic nitrogens is 1. The molecule has 0 aliphatic carbocycles. The van der Waals surface area contributed by atoms with Crippen LogP contribution in [-0.4, -0.2) is 58.3 Å². The number of amides is 1. The van der Waals surface area contributed by atoms with Crippen LogP contribution in [0.4, 0.5) is 10.5 Å². The second-order valence-corrected chi connectivity index (χ2v) is 6.75. The monoisotopic (exact) mass is 367 g/mol. The van der Waals surface area contributed by atoms with Crippen molar-refractivity contribution in [2.75, 3.05) is 13.7 Å². The number of nitrogens with zero attached hydrogens (tertiary/aromatic N) is 3. The Bertz CT molecular complexity index is 701. The summed E-state index contributed by atoms with van der Waals surface area (Å²) in [4.78, 5) is 39.8. The van der Waals surface area contributed by atoms with Gasteiger partial charge in [0.2, 0.25) is 5.75 Å². The molecule has 26 heavy (non-hydrogen) atoms. The average Bonchev–Trinajstić information content (AvgIpc) is 2.97. The van der Waals surface area contributed by atoms with Crippen molar-refractivity contribution in [2.45, 2.75) is 44.9 Å². The lowest BCUT2D eigenvalue weighted by Gasteiger charge is -2.27. The van der Waals surface area contributed by atoms with Crippen molar-refractivity contribution in [3.8, 4) is 5.75 Å². The van der Waals surface area contributed by atoms with E-state index < -0.39 is 34.7 Å². The first-order valence-electron chi connectivity index (χ1n) is 7.95. The quantitative estimate of drug-likeness (QED) is 0.449. The van der Waals surface area contributed by atoms with Gasteiger partial charge in [-0.2, -0.15) is 0 Å². The summed E-state index contributed by atoms with van der Waals surface area (Å²) >= 11 is 0. The molecule has 0 saturated carbocycles. The molecule has 142 valence electrons. The first-order valence-corrected chi connectivity index (χ1v) is 7.95. The number of esters is 1. The van der Waals surface area contributed by atoms with Crippen LogP contribution in [0.5, 0.6) is 5.75 Å². The molecule has 10 heteroatoms. The zero-order valence-electron chi connectivity index (χ0n) is 15.0. The van der Waals surface area contributed by atoms with E-state index in [0.717, 1.165) is 6.20 Å². The zero-order valence-corrected chi connectivity index (χ0v) is 15.0. The van der Waals surface area contributed by atoms with Gasteiger partial charge in [0, 0.05) is 18.7 Å². The van der Waals surface area contributed by atoms with Crippen LogP contribution in [0, 0.1) is 10.1 Å². The third-order valence-electron chi connectivity index (χ3n) is 3.62. The molecule has 10 nitrogen and oxygen atoms in total. The molecule has 0 aromatic carbocycles. The van der Waals surface area contributed by atoms with E-state index in [1.165, 1.54) is 24.3 Å². The van der Waals surface area contributed by atoms with E-state index in [-0.39, 0.29) is 24.4 Å². The number of rotatable bonds is 4. The molecule has 0 spiro atoms. The molecular weight excluding hydrogens is 346 g/mol. The number of pyridine rings is 1. The Morgan fingerprint density at radius 3 is 2.65 bits per heavy atom. The lowest BCUT2D eigenvalue weighted by atomic mass is 10.2. The lowest BCUT2D eigenvalue weighted by Crippen LogP contribution is -2.44. The maximum Gasteiger partial charge on any atom is 0.411 e. The van der Waals surface area contributed by atoms with Gasteiger partial charge in [0.25, 0.3) is 0 Å². The second-order valence-electron chi connectivity index (χ2n) is 6.75. The highest BCUT2D eigenvalue weighted by molar-refractivity contribution is 5.82. The van der Waals surface area contributed by atoms with E-state index in [2.05, 4.69) is 4.98 Å². The van der Waals surface area contributed by atoms with Crippen molar-refractivity contribution in [1.82, 2.24) is 9.88 Å². The van der Waals surface area contributed by atoms with E-state index in [1.54, 1.807) is 20.8 Å². The van der Waals surface area contributed by atoms with Crippen molar-refractivity contribution < 1.29 is 28.7 Å². The first kappa shape index (κ1) is 19.4. The summed E-state index contributed by atoms with van der Waals surface area (Å²) in [5.41, 5.74) is -1.03. The SMILES string of the molecule is COC(=O)[C@@H]1C[C@H](Oc2ccncc2[N+](=O)[O-])CN1C(=O)OC(C)(C)C. The smallest absolute Gasteiger partial charge is 0.411 e. The molecule has 0 bridgehead atoms. The fraction of sp³-hybridized carbons (Fsp3) is 0.562. The summed E-state index contributed by atoms with van der Waals surface area (Å²) in [6, 6.07) is 0.474. The summed E-state index contributed by atoms with van der Waals surface area (Å²) < 4.78 is 15.7. The van der Waals surface area contributed by atoms with Crippen molar-refractivity contribution in [1.29, 1.82) is 0 Å². The molecule has 2 heterocycles. The highest BCUT2D eigenvalue weighted by Crippen LogP contribution is 2.30. The predicted octanol–water partition coefficient (Wildman–Crippen LogP) is 1.92. The van der Waals surface area contributed by atoms with E-state index in [4.69, 9.17) is 14.2 Å². The molecular formula is C16H21N3O7. The Morgan fingerprint density at radius 1 is 1.38 bits per heavy atom. The Morgan fingerprint density at radius 2 is 2.08 bits per heavy atom. The molecule has 1 aliphatic rings. The molecule has 0 radical (unpaired) electrons. The van der Waals surface area contributed by atoms with E-state index >= 15 is 0 Å². The molecule has 2 atom stereocenters. The van der Waals surface area contributed by atoms with Crippen molar-refractivity contribution >= 4 is 17.7 Å². The Hall–Kier alpha value is -2.91. The predicted molar refractivity (Wildman–Crippen MR) is 88.7 cm³/mol. The number of carbonyl (C=O) groups is 2. The molecule has 1 fully saturated rings. The minimum absolute atomic E-state index is 0.0182. The highest BCUT2D eigenvalue weighted by atomic mass is 16.6. The van der Waals surface area contributed by atoms with Gasteiger partial charge in [-0.05, 0) is 20.8 Å². The molecule has 0 N–H and O–H groups in total. The van der Waals surface area contributed by atoms with Gasteiger partial charge in [-0.3, -0.25) is 20.0 Å². The number of methoxy groups -OCH3 is 1. The Balaban J connectivity index is 2.19. The maximum absolute atomic E-state index is 12.4. The number of ether oxygens (including phenoxy) is 3. The average molecular weight is 367 g/mol. The highest BCUT2D eigenvalue weighted by Gasteiger charge is 2.43. The number of hydrogen-bond donors (Lipinski definition) is 0. The fourth-order valence-corrected chi connectivity index (χ4v) is 2.55. The van der Waals surface area contributed by atoms with E-state index in [0.29, 0.717) is 0 Å². The fourth-order valence-electron chi connectivity index (χ4n) is 2.55. The van der Waals surface area contributed by atoms with Crippen LogP contribution in [0.25, 0.3) is 0 Å². The normalized spacial score (nSPS) is 19.8. The largest absolute Gasteiger partial charge is 0.481 e. The standard InChI is InChI=1S/C16H21N3O7/c1-16(2,3)26-15(21)18-9-10(7-11(18)14(20)24-4)25-13-5-6-17-8-12(13)19(22)23/h5-6,8,10-11H,7,9H2,1-4H3/t10-,11-/m0/s1. The second kappa shape index (κ2) is 7.54. The molecule has 2 rings (SSSR count). The molecule has 1 aliphatic heterocycles. The molecule has 0 unspecified atom stereocenters. The van der Waals surface area contributed by atoms with Gasteiger partial charge in [0.1, 0.15) is 23.9 Å². The van der Waals surface area contributed by atoms with Crippen molar-refractivity contribution in [3.63, 3.8) is 0 Å². The van der Waals surface area contributed by atoms with Crippen molar-refractivity contribution in [2.24, 2.45) is 0 Å². The Kier molecular flexibility index (Phi) is 5.63. The third-order valence-corrected chi connectivity index (χ3v) is 3.62. The van der Waals surface area contributed by atoms with E-state index in [9.17, 15) is 19.7 Å². The molecule has 1 saturated heterocycles. The van der Waals surface area contributed by atoms with Crippen LogP contribution in [-0.2, 0) is 14.3 Å². The zero-order chi connectivity index (χ0) is 19.5. The van der Waals surface area contributed by atoms with Crippen LogP contribution >= 0.6 is 0 Å². The first-order chi connectivity index (χ1) is 12.1. The molecule has 1 aromatic rings. The number of carbonyl (C=O) groups excluding carboxylic acids is 2. The van der Waals surface area contributed by atoms with Gasteiger partial charge < -0.3 is 14.2 Å². The summed E-state index contributed by atoms with van der Waals surface area (Å²) in [5, 5.41) is 11.1. The van der Waals surface area contributed by atoms with Crippen LogP contribution < -0.4 is 4.74 Å². The molecule has 1 aromatic heterocycles. The summed E-state index contributed by atoms with van der Waals surface area (Å²) in [7, 11) is 1.22.